The van der Waals surface area contributed by atoms with E-state index in [9.17, 15) is 15.4 Å². The van der Waals surface area contributed by atoms with Crippen molar-refractivity contribution in [3.05, 3.63) is 33.9 Å². The average Bonchev–Trinajstić information content (AvgIpc) is 2.59. The van der Waals surface area contributed by atoms with Gasteiger partial charge in [0.2, 0.25) is 0 Å². The van der Waals surface area contributed by atoms with Crippen LogP contribution in [0.3, 0.4) is 0 Å². The fraction of sp³-hybridized carbons (Fsp3) is 0.682. The zero-order chi connectivity index (χ0) is 20.0. The highest BCUT2D eigenvalue weighted by molar-refractivity contribution is 5.66. The van der Waals surface area contributed by atoms with Crippen molar-refractivity contribution < 1.29 is 4.92 Å². The molecule has 0 aromatic heterocycles. The van der Waals surface area contributed by atoms with Crippen LogP contribution in [-0.2, 0) is 5.41 Å². The SMILES string of the molecule is CCCC(CCC)N(CC(C)C)c1ccc(C2(C#N)CCC2)cc1[N+](=O)[O-]. The fourth-order valence-corrected chi connectivity index (χ4v) is 4.17. The number of rotatable bonds is 10. The average molecular weight is 372 g/mol. The highest BCUT2D eigenvalue weighted by Gasteiger charge is 2.40. The molecule has 0 bridgehead atoms. The molecule has 0 spiro atoms. The van der Waals surface area contributed by atoms with Gasteiger partial charge in [-0.25, -0.2) is 0 Å². The molecule has 0 radical (unpaired) electrons. The minimum Gasteiger partial charge on any atom is -0.363 e. The van der Waals surface area contributed by atoms with E-state index < -0.39 is 5.41 Å². The van der Waals surface area contributed by atoms with Crippen LogP contribution < -0.4 is 4.90 Å². The van der Waals surface area contributed by atoms with Crippen LogP contribution in [0, 0.1) is 27.4 Å². The summed E-state index contributed by atoms with van der Waals surface area (Å²) >= 11 is 0. The summed E-state index contributed by atoms with van der Waals surface area (Å²) in [5, 5.41) is 21.5. The molecule has 1 saturated carbocycles. The van der Waals surface area contributed by atoms with Gasteiger partial charge in [-0.3, -0.25) is 10.1 Å². The van der Waals surface area contributed by atoms with E-state index in [1.807, 2.05) is 12.1 Å². The monoisotopic (exact) mass is 371 g/mol. The van der Waals surface area contributed by atoms with Gasteiger partial charge >= 0.3 is 0 Å². The van der Waals surface area contributed by atoms with Gasteiger partial charge in [-0.15, -0.1) is 0 Å². The number of benzene rings is 1. The second-order valence-corrected chi connectivity index (χ2v) is 8.29. The Labute approximate surface area is 163 Å². The topological polar surface area (TPSA) is 70.2 Å². The normalized spacial score (nSPS) is 15.4. The Morgan fingerprint density at radius 1 is 1.26 bits per heavy atom. The Hall–Kier alpha value is -2.09. The molecule has 0 N–H and O–H groups in total. The molecule has 148 valence electrons. The predicted octanol–water partition coefficient (Wildman–Crippen LogP) is 5.97. The summed E-state index contributed by atoms with van der Waals surface area (Å²) in [5.74, 6) is 0.414. The number of hydrogen-bond acceptors (Lipinski definition) is 4. The smallest absolute Gasteiger partial charge is 0.292 e. The maximum atomic E-state index is 11.9. The molecule has 27 heavy (non-hydrogen) atoms. The molecule has 1 aliphatic carbocycles. The number of nitrogens with zero attached hydrogens (tertiary/aromatic N) is 3. The first-order valence-electron chi connectivity index (χ1n) is 10.3. The van der Waals surface area contributed by atoms with Crippen molar-refractivity contribution >= 4 is 11.4 Å². The molecule has 5 heteroatoms. The van der Waals surface area contributed by atoms with Crippen LogP contribution in [0.25, 0.3) is 0 Å². The molecule has 0 unspecified atom stereocenters. The highest BCUT2D eigenvalue weighted by Crippen LogP contribution is 2.45. The van der Waals surface area contributed by atoms with Crippen LogP contribution in [0.4, 0.5) is 11.4 Å². The largest absolute Gasteiger partial charge is 0.363 e. The van der Waals surface area contributed by atoms with E-state index in [4.69, 9.17) is 0 Å². The maximum absolute atomic E-state index is 11.9. The summed E-state index contributed by atoms with van der Waals surface area (Å²) in [6.45, 7) is 9.44. The van der Waals surface area contributed by atoms with Crippen molar-refractivity contribution in [3.63, 3.8) is 0 Å². The van der Waals surface area contributed by atoms with Crippen molar-refractivity contribution in [3.8, 4) is 6.07 Å². The lowest BCUT2D eigenvalue weighted by Gasteiger charge is -2.37. The van der Waals surface area contributed by atoms with E-state index in [0.717, 1.165) is 57.1 Å². The molecule has 1 aromatic rings. The summed E-state index contributed by atoms with van der Waals surface area (Å²) in [5.41, 5.74) is 1.13. The Kier molecular flexibility index (Phi) is 7.24. The number of anilines is 1. The van der Waals surface area contributed by atoms with Crippen molar-refractivity contribution in [2.45, 2.75) is 84.1 Å². The Bertz CT molecular complexity index is 683. The van der Waals surface area contributed by atoms with Gasteiger partial charge in [-0.1, -0.05) is 46.6 Å². The molecule has 1 aromatic carbocycles. The summed E-state index contributed by atoms with van der Waals surface area (Å²) in [6.07, 6.45) is 6.78. The van der Waals surface area contributed by atoms with Gasteiger partial charge in [0, 0.05) is 18.7 Å². The van der Waals surface area contributed by atoms with E-state index in [1.54, 1.807) is 6.07 Å². The van der Waals surface area contributed by atoms with E-state index in [1.165, 1.54) is 0 Å². The minimum absolute atomic E-state index is 0.145. The molecule has 1 fully saturated rings. The predicted molar refractivity (Wildman–Crippen MR) is 110 cm³/mol. The summed E-state index contributed by atoms with van der Waals surface area (Å²) < 4.78 is 0. The van der Waals surface area contributed by atoms with Crippen molar-refractivity contribution in [2.75, 3.05) is 11.4 Å². The van der Waals surface area contributed by atoms with E-state index in [0.29, 0.717) is 17.6 Å². The van der Waals surface area contributed by atoms with Crippen molar-refractivity contribution in [2.24, 2.45) is 5.92 Å². The molecule has 0 amide bonds. The lowest BCUT2D eigenvalue weighted by molar-refractivity contribution is -0.384. The number of nitro groups is 1. The maximum Gasteiger partial charge on any atom is 0.292 e. The number of nitriles is 1. The summed E-state index contributed by atoms with van der Waals surface area (Å²) in [7, 11) is 0. The molecule has 2 rings (SSSR count). The quantitative estimate of drug-likeness (QED) is 0.375. The third-order valence-corrected chi connectivity index (χ3v) is 5.70. The first-order valence-corrected chi connectivity index (χ1v) is 10.3. The molecule has 5 nitrogen and oxygen atoms in total. The third-order valence-electron chi connectivity index (χ3n) is 5.70. The molecule has 1 aliphatic rings. The van der Waals surface area contributed by atoms with E-state index in [-0.39, 0.29) is 10.6 Å². The number of hydrogen-bond donors (Lipinski definition) is 0. The van der Waals surface area contributed by atoms with Crippen molar-refractivity contribution in [1.82, 2.24) is 0 Å². The zero-order valence-corrected chi connectivity index (χ0v) is 17.2. The van der Waals surface area contributed by atoms with Crippen LogP contribution >= 0.6 is 0 Å². The summed E-state index contributed by atoms with van der Waals surface area (Å²) in [4.78, 5) is 13.9. The second kappa shape index (κ2) is 9.21. The minimum atomic E-state index is -0.529. The lowest BCUT2D eigenvalue weighted by atomic mass is 9.65. The standard InChI is InChI=1S/C22H33N3O2/c1-5-8-19(9-6-2)24(15-17(3)4)20-11-10-18(14-21(20)25(26)27)22(16-23)12-7-13-22/h10-11,14,17,19H,5-9,12-13,15H2,1-4H3. The van der Waals surface area contributed by atoms with Gasteiger partial charge in [0.25, 0.3) is 5.69 Å². The summed E-state index contributed by atoms with van der Waals surface area (Å²) in [6, 6.07) is 8.22. The van der Waals surface area contributed by atoms with Crippen LogP contribution in [0.5, 0.6) is 0 Å². The molecule has 0 atom stereocenters. The first-order chi connectivity index (χ1) is 12.9. The molecular weight excluding hydrogens is 338 g/mol. The highest BCUT2D eigenvalue weighted by atomic mass is 16.6. The van der Waals surface area contributed by atoms with Gasteiger partial charge in [0.15, 0.2) is 0 Å². The fourth-order valence-electron chi connectivity index (χ4n) is 4.17. The Morgan fingerprint density at radius 3 is 2.30 bits per heavy atom. The van der Waals surface area contributed by atoms with Crippen molar-refractivity contribution in [1.29, 1.82) is 5.26 Å². The first kappa shape index (κ1) is 21.2. The van der Waals surface area contributed by atoms with Crippen LogP contribution in [0.15, 0.2) is 18.2 Å². The van der Waals surface area contributed by atoms with Crippen LogP contribution in [0.2, 0.25) is 0 Å². The molecule has 0 aliphatic heterocycles. The van der Waals surface area contributed by atoms with Crippen LogP contribution in [0.1, 0.15) is 78.2 Å². The van der Waals surface area contributed by atoms with Gasteiger partial charge < -0.3 is 4.90 Å². The Morgan fingerprint density at radius 2 is 1.89 bits per heavy atom. The second-order valence-electron chi connectivity index (χ2n) is 8.29. The zero-order valence-electron chi connectivity index (χ0n) is 17.2. The van der Waals surface area contributed by atoms with Crippen LogP contribution in [-0.4, -0.2) is 17.5 Å². The lowest BCUT2D eigenvalue weighted by Crippen LogP contribution is -2.39. The van der Waals surface area contributed by atoms with Gasteiger partial charge in [0.1, 0.15) is 5.69 Å². The molecule has 0 saturated heterocycles. The van der Waals surface area contributed by atoms with Gasteiger partial charge in [0.05, 0.1) is 16.4 Å². The molecular formula is C22H33N3O2. The van der Waals surface area contributed by atoms with E-state index in [2.05, 4.69) is 38.7 Å². The van der Waals surface area contributed by atoms with E-state index >= 15 is 0 Å². The third kappa shape index (κ3) is 4.61. The Balaban J connectivity index is 2.50. The van der Waals surface area contributed by atoms with Gasteiger partial charge in [-0.05, 0) is 49.7 Å². The molecule has 0 heterocycles. The van der Waals surface area contributed by atoms with Gasteiger partial charge in [-0.2, -0.15) is 5.26 Å². The number of nitro benzene ring substituents is 1.